The molecule has 0 spiro atoms. The van der Waals surface area contributed by atoms with Crippen LogP contribution in [-0.4, -0.2) is 0 Å². The van der Waals surface area contributed by atoms with Gasteiger partial charge in [0.15, 0.2) is 12.0 Å². The van der Waals surface area contributed by atoms with E-state index in [0.717, 1.165) is 21.5 Å². The lowest BCUT2D eigenvalue weighted by molar-refractivity contribution is 0.258. The molecule has 1 heterocycles. The third-order valence-corrected chi connectivity index (χ3v) is 3.22. The van der Waals surface area contributed by atoms with Gasteiger partial charge in [-0.3, -0.25) is 0 Å². The Morgan fingerprint density at radius 3 is 2.56 bits per heavy atom. The van der Waals surface area contributed by atoms with Crippen LogP contribution in [-0.2, 0) is 0 Å². The number of anilines is 1. The van der Waals surface area contributed by atoms with Crippen LogP contribution in [0.4, 0.5) is 5.69 Å². The van der Waals surface area contributed by atoms with Crippen LogP contribution in [0.25, 0.3) is 0 Å². The zero-order valence-corrected chi connectivity index (χ0v) is 10.1. The van der Waals surface area contributed by atoms with Gasteiger partial charge in [-0.1, -0.05) is 36.4 Å². The highest BCUT2D eigenvalue weighted by molar-refractivity contribution is 9.10. The molecule has 80 valence electrons. The van der Waals surface area contributed by atoms with E-state index < -0.39 is 0 Å². The van der Waals surface area contributed by atoms with E-state index in [4.69, 9.17) is 4.74 Å². The summed E-state index contributed by atoms with van der Waals surface area (Å²) >= 11 is 3.48. The lowest BCUT2D eigenvalue weighted by Gasteiger charge is -2.11. The summed E-state index contributed by atoms with van der Waals surface area (Å²) in [4.78, 5) is 0. The fourth-order valence-electron chi connectivity index (χ4n) is 1.81. The highest BCUT2D eigenvalue weighted by atomic mass is 79.9. The lowest BCUT2D eigenvalue weighted by atomic mass is 10.2. The van der Waals surface area contributed by atoms with Gasteiger partial charge >= 0.3 is 0 Å². The average molecular weight is 276 g/mol. The molecule has 1 unspecified atom stereocenters. The molecule has 1 aliphatic heterocycles. The molecule has 1 aliphatic rings. The predicted molar refractivity (Wildman–Crippen MR) is 67.6 cm³/mol. The Hall–Kier alpha value is -1.48. The first kappa shape index (κ1) is 9.73. The molecule has 3 heteroatoms. The highest BCUT2D eigenvalue weighted by Gasteiger charge is 2.24. The normalized spacial score (nSPS) is 17.4. The minimum absolute atomic E-state index is 0.0881. The number of fused-ring (bicyclic) bond motifs is 1. The van der Waals surface area contributed by atoms with Gasteiger partial charge in [-0.25, -0.2) is 0 Å². The van der Waals surface area contributed by atoms with Crippen molar-refractivity contribution in [3.05, 3.63) is 58.6 Å². The highest BCUT2D eigenvalue weighted by Crippen LogP contribution is 2.42. The number of nitrogens with one attached hydrogen (secondary N) is 1. The predicted octanol–water partition coefficient (Wildman–Crippen LogP) is 3.95. The summed E-state index contributed by atoms with van der Waals surface area (Å²) in [7, 11) is 0. The zero-order valence-electron chi connectivity index (χ0n) is 8.48. The van der Waals surface area contributed by atoms with Crippen molar-refractivity contribution in [3.63, 3.8) is 0 Å². The third-order valence-electron chi connectivity index (χ3n) is 2.59. The van der Waals surface area contributed by atoms with E-state index in [-0.39, 0.29) is 6.23 Å². The SMILES string of the molecule is Brc1cccc2c1OC(c1ccccc1)N2. The molecular weight excluding hydrogens is 266 g/mol. The van der Waals surface area contributed by atoms with E-state index in [9.17, 15) is 0 Å². The van der Waals surface area contributed by atoms with Gasteiger partial charge in [0.25, 0.3) is 0 Å². The molecule has 3 rings (SSSR count). The molecule has 0 aliphatic carbocycles. The van der Waals surface area contributed by atoms with Crippen LogP contribution in [0.15, 0.2) is 53.0 Å². The number of rotatable bonds is 1. The Morgan fingerprint density at radius 1 is 1.00 bits per heavy atom. The topological polar surface area (TPSA) is 21.3 Å². The number of halogens is 1. The fraction of sp³-hybridized carbons (Fsp3) is 0.0769. The van der Waals surface area contributed by atoms with Crippen molar-refractivity contribution in [1.29, 1.82) is 0 Å². The quantitative estimate of drug-likeness (QED) is 0.851. The van der Waals surface area contributed by atoms with Crippen LogP contribution >= 0.6 is 15.9 Å². The molecule has 0 amide bonds. The maximum absolute atomic E-state index is 5.87. The Bertz CT molecular complexity index is 513. The van der Waals surface area contributed by atoms with Gasteiger partial charge in [-0.05, 0) is 28.1 Å². The van der Waals surface area contributed by atoms with Gasteiger partial charge in [0, 0.05) is 5.56 Å². The van der Waals surface area contributed by atoms with Crippen molar-refractivity contribution in [2.75, 3.05) is 5.32 Å². The van der Waals surface area contributed by atoms with Gasteiger partial charge in [0.05, 0.1) is 10.2 Å². The molecule has 0 saturated carbocycles. The number of hydrogen-bond donors (Lipinski definition) is 1. The molecule has 1 atom stereocenters. The van der Waals surface area contributed by atoms with Gasteiger partial charge < -0.3 is 10.1 Å². The van der Waals surface area contributed by atoms with Crippen LogP contribution in [0.1, 0.15) is 11.8 Å². The summed E-state index contributed by atoms with van der Waals surface area (Å²) in [6.45, 7) is 0. The fourth-order valence-corrected chi connectivity index (χ4v) is 2.27. The van der Waals surface area contributed by atoms with Crippen molar-refractivity contribution in [2.45, 2.75) is 6.23 Å². The molecule has 2 aromatic carbocycles. The van der Waals surface area contributed by atoms with Gasteiger partial charge in [0.1, 0.15) is 0 Å². The van der Waals surface area contributed by atoms with E-state index in [0.29, 0.717) is 0 Å². The Labute approximate surface area is 102 Å². The molecule has 0 bridgehead atoms. The minimum Gasteiger partial charge on any atom is -0.463 e. The monoisotopic (exact) mass is 275 g/mol. The summed E-state index contributed by atoms with van der Waals surface area (Å²) in [5.74, 6) is 0.886. The maximum atomic E-state index is 5.87. The number of ether oxygens (including phenoxy) is 1. The lowest BCUT2D eigenvalue weighted by Crippen LogP contribution is -2.09. The van der Waals surface area contributed by atoms with Crippen molar-refractivity contribution in [1.82, 2.24) is 0 Å². The van der Waals surface area contributed by atoms with E-state index >= 15 is 0 Å². The molecule has 2 nitrogen and oxygen atoms in total. The largest absolute Gasteiger partial charge is 0.463 e. The first-order valence-electron chi connectivity index (χ1n) is 5.11. The molecule has 0 saturated heterocycles. The average Bonchev–Trinajstić information content (AvgIpc) is 2.76. The van der Waals surface area contributed by atoms with Crippen molar-refractivity contribution >= 4 is 21.6 Å². The molecule has 0 aromatic heterocycles. The summed E-state index contributed by atoms with van der Waals surface area (Å²) in [6, 6.07) is 16.1. The van der Waals surface area contributed by atoms with Crippen molar-refractivity contribution < 1.29 is 4.74 Å². The first-order chi connectivity index (χ1) is 7.84. The molecule has 16 heavy (non-hydrogen) atoms. The number of para-hydroxylation sites is 1. The summed E-state index contributed by atoms with van der Waals surface area (Å²) in [5, 5.41) is 3.34. The number of benzene rings is 2. The number of hydrogen-bond acceptors (Lipinski definition) is 2. The van der Waals surface area contributed by atoms with Crippen molar-refractivity contribution in [3.8, 4) is 5.75 Å². The second-order valence-corrected chi connectivity index (χ2v) is 4.52. The third kappa shape index (κ3) is 1.57. The Balaban J connectivity index is 1.94. The van der Waals surface area contributed by atoms with E-state index in [1.165, 1.54) is 0 Å². The van der Waals surface area contributed by atoms with Crippen LogP contribution in [0.3, 0.4) is 0 Å². The van der Waals surface area contributed by atoms with Gasteiger partial charge in [-0.2, -0.15) is 0 Å². The van der Waals surface area contributed by atoms with E-state index in [1.807, 2.05) is 36.4 Å². The molecule has 0 fully saturated rings. The molecule has 1 N–H and O–H groups in total. The Morgan fingerprint density at radius 2 is 1.81 bits per heavy atom. The van der Waals surface area contributed by atoms with Crippen LogP contribution < -0.4 is 10.1 Å². The van der Waals surface area contributed by atoms with E-state index in [1.54, 1.807) is 0 Å². The molecule has 2 aromatic rings. The summed E-state index contributed by atoms with van der Waals surface area (Å²) < 4.78 is 6.85. The van der Waals surface area contributed by atoms with Crippen LogP contribution in [0, 0.1) is 0 Å². The van der Waals surface area contributed by atoms with Gasteiger partial charge in [0.2, 0.25) is 0 Å². The van der Waals surface area contributed by atoms with Crippen LogP contribution in [0.2, 0.25) is 0 Å². The molecular formula is C13H10BrNO. The van der Waals surface area contributed by atoms with E-state index in [2.05, 4.69) is 33.4 Å². The summed E-state index contributed by atoms with van der Waals surface area (Å²) in [6.07, 6.45) is -0.0881. The standard InChI is InChI=1S/C13H10BrNO/c14-10-7-4-8-11-12(10)16-13(15-11)9-5-2-1-3-6-9/h1-8,13,15H. The van der Waals surface area contributed by atoms with Crippen LogP contribution in [0.5, 0.6) is 5.75 Å². The second kappa shape index (κ2) is 3.83. The Kier molecular flexibility index (Phi) is 2.33. The molecule has 0 radical (unpaired) electrons. The zero-order chi connectivity index (χ0) is 11.0. The van der Waals surface area contributed by atoms with Crippen molar-refractivity contribution in [2.24, 2.45) is 0 Å². The summed E-state index contributed by atoms with van der Waals surface area (Å²) in [5.41, 5.74) is 2.16. The maximum Gasteiger partial charge on any atom is 0.196 e. The van der Waals surface area contributed by atoms with Gasteiger partial charge in [-0.15, -0.1) is 0 Å². The minimum atomic E-state index is -0.0881. The second-order valence-electron chi connectivity index (χ2n) is 3.67. The smallest absolute Gasteiger partial charge is 0.196 e. The first-order valence-corrected chi connectivity index (χ1v) is 5.90.